The molecule has 0 radical (unpaired) electrons. The van der Waals surface area contributed by atoms with Crippen LogP contribution >= 0.6 is 0 Å². The highest BCUT2D eigenvalue weighted by Gasteiger charge is 2.16. The van der Waals surface area contributed by atoms with Crippen LogP contribution in [0.5, 0.6) is 0 Å². The van der Waals surface area contributed by atoms with Crippen LogP contribution in [0.25, 0.3) is 10.8 Å². The molecule has 3 rings (SSSR count). The number of carbonyl (C=O) groups excluding carboxylic acids is 1. The Morgan fingerprint density at radius 3 is 2.32 bits per heavy atom. The van der Waals surface area contributed by atoms with Crippen LogP contribution < -0.4 is 15.8 Å². The van der Waals surface area contributed by atoms with Gasteiger partial charge in [0.05, 0.1) is 5.39 Å². The lowest BCUT2D eigenvalue weighted by molar-refractivity contribution is -0.122. The molecule has 0 atom stereocenters. The minimum absolute atomic E-state index is 0.210. The maximum atomic E-state index is 12.5. The molecule has 144 valence electrons. The topological polar surface area (TPSA) is 105 Å². The van der Waals surface area contributed by atoms with Gasteiger partial charge in [-0.15, -0.1) is 0 Å². The van der Waals surface area contributed by atoms with E-state index in [1.807, 2.05) is 43.3 Å². The van der Waals surface area contributed by atoms with Crippen molar-refractivity contribution in [1.29, 1.82) is 0 Å². The van der Waals surface area contributed by atoms with E-state index >= 15 is 0 Å². The van der Waals surface area contributed by atoms with Gasteiger partial charge in [-0.2, -0.15) is 5.10 Å². The zero-order chi connectivity index (χ0) is 20.3. The third-order valence-corrected chi connectivity index (χ3v) is 4.31. The van der Waals surface area contributed by atoms with Gasteiger partial charge in [-0.3, -0.25) is 9.59 Å². The van der Waals surface area contributed by atoms with Gasteiger partial charge >= 0.3 is 5.97 Å². The molecular formula is C20H20N4O4. The first kappa shape index (κ1) is 19.1. The van der Waals surface area contributed by atoms with Crippen molar-refractivity contribution in [1.82, 2.24) is 15.1 Å². The van der Waals surface area contributed by atoms with Gasteiger partial charge in [0, 0.05) is 31.7 Å². The summed E-state index contributed by atoms with van der Waals surface area (Å²) in [7, 11) is 3.88. The molecule has 0 aliphatic carbocycles. The molecular weight excluding hydrogens is 360 g/mol. The molecule has 2 N–H and O–H groups in total. The number of rotatable bonds is 6. The zero-order valence-electron chi connectivity index (χ0n) is 15.5. The second-order valence-corrected chi connectivity index (χ2v) is 6.50. The lowest BCUT2D eigenvalue weighted by Crippen LogP contribution is -2.34. The zero-order valence-corrected chi connectivity index (χ0v) is 15.5. The first-order valence-corrected chi connectivity index (χ1v) is 8.63. The predicted molar refractivity (Wildman–Crippen MR) is 106 cm³/mol. The Morgan fingerprint density at radius 1 is 1.07 bits per heavy atom. The van der Waals surface area contributed by atoms with Crippen LogP contribution in [-0.4, -0.2) is 40.9 Å². The van der Waals surface area contributed by atoms with Crippen molar-refractivity contribution in [3.8, 4) is 0 Å². The number of nitrogens with one attached hydrogen (secondary N) is 1. The lowest BCUT2D eigenvalue weighted by Gasteiger charge is -2.13. The highest BCUT2D eigenvalue weighted by atomic mass is 16.4. The first-order valence-electron chi connectivity index (χ1n) is 8.63. The number of aromatic nitrogens is 2. The average Bonchev–Trinajstić information content (AvgIpc) is 2.68. The second kappa shape index (κ2) is 7.91. The Labute approximate surface area is 161 Å². The number of anilines is 1. The van der Waals surface area contributed by atoms with Crippen LogP contribution in [-0.2, 0) is 17.9 Å². The fourth-order valence-corrected chi connectivity index (χ4v) is 2.80. The fraction of sp³-hybridized carbons (Fsp3) is 0.200. The third kappa shape index (κ3) is 4.01. The number of hydrogen-bond donors (Lipinski definition) is 2. The number of fused-ring (bicyclic) bond motifs is 1. The summed E-state index contributed by atoms with van der Waals surface area (Å²) in [6.45, 7) is -0.0691. The first-order chi connectivity index (χ1) is 13.4. The molecule has 0 fully saturated rings. The molecule has 0 unspecified atom stereocenters. The molecule has 0 spiro atoms. The third-order valence-electron chi connectivity index (χ3n) is 4.31. The van der Waals surface area contributed by atoms with E-state index in [0.717, 1.165) is 15.9 Å². The largest absolute Gasteiger partial charge is 0.476 e. The van der Waals surface area contributed by atoms with E-state index in [0.29, 0.717) is 6.54 Å². The van der Waals surface area contributed by atoms with Gasteiger partial charge in [0.2, 0.25) is 5.91 Å². The monoisotopic (exact) mass is 380 g/mol. The number of carboxylic acid groups (broad SMARTS) is 1. The Hall–Kier alpha value is -3.68. The Morgan fingerprint density at radius 2 is 1.71 bits per heavy atom. The Balaban J connectivity index is 1.77. The van der Waals surface area contributed by atoms with Crippen molar-refractivity contribution in [2.24, 2.45) is 0 Å². The maximum absolute atomic E-state index is 12.5. The van der Waals surface area contributed by atoms with E-state index in [9.17, 15) is 19.5 Å². The average molecular weight is 380 g/mol. The van der Waals surface area contributed by atoms with E-state index in [1.54, 1.807) is 12.1 Å². The van der Waals surface area contributed by atoms with Gasteiger partial charge in [0.25, 0.3) is 5.56 Å². The molecule has 0 saturated heterocycles. The van der Waals surface area contributed by atoms with E-state index in [-0.39, 0.29) is 23.0 Å². The number of benzene rings is 2. The van der Waals surface area contributed by atoms with E-state index in [1.165, 1.54) is 12.1 Å². The summed E-state index contributed by atoms with van der Waals surface area (Å²) in [5, 5.41) is 16.4. The van der Waals surface area contributed by atoms with Crippen LogP contribution in [0.1, 0.15) is 16.1 Å². The van der Waals surface area contributed by atoms with Crippen molar-refractivity contribution in [3.63, 3.8) is 0 Å². The highest BCUT2D eigenvalue weighted by Crippen LogP contribution is 2.13. The molecule has 1 amide bonds. The van der Waals surface area contributed by atoms with Crippen LogP contribution in [0.15, 0.2) is 53.3 Å². The summed E-state index contributed by atoms with van der Waals surface area (Å²) in [6.07, 6.45) is 0. The van der Waals surface area contributed by atoms with E-state index < -0.39 is 17.4 Å². The maximum Gasteiger partial charge on any atom is 0.357 e. The summed E-state index contributed by atoms with van der Waals surface area (Å²) in [5.74, 6) is -1.69. The van der Waals surface area contributed by atoms with Crippen LogP contribution in [0, 0.1) is 0 Å². The molecule has 0 saturated carbocycles. The standard InChI is InChI=1S/C20H20N4O4/c1-23(2)14-9-7-13(8-10-14)11-21-17(25)12-24-19(26)16-6-4-3-5-15(16)18(22-24)20(27)28/h3-10H,11-12H2,1-2H3,(H,21,25)(H,27,28). The molecule has 0 bridgehead atoms. The lowest BCUT2D eigenvalue weighted by atomic mass is 10.1. The molecule has 8 nitrogen and oxygen atoms in total. The summed E-state index contributed by atoms with van der Waals surface area (Å²) >= 11 is 0. The minimum atomic E-state index is -1.26. The van der Waals surface area contributed by atoms with Crippen molar-refractivity contribution >= 4 is 28.3 Å². The van der Waals surface area contributed by atoms with Gasteiger partial charge in [0.15, 0.2) is 5.69 Å². The van der Waals surface area contributed by atoms with Crippen molar-refractivity contribution in [3.05, 3.63) is 70.1 Å². The number of aromatic carboxylic acids is 1. The summed E-state index contributed by atoms with van der Waals surface area (Å²) in [4.78, 5) is 38.2. The van der Waals surface area contributed by atoms with Crippen LogP contribution in [0.2, 0.25) is 0 Å². The quantitative estimate of drug-likeness (QED) is 0.671. The summed E-state index contributed by atoms with van der Waals surface area (Å²) in [6, 6.07) is 14.0. The molecule has 0 aliphatic heterocycles. The molecule has 0 aliphatic rings. The van der Waals surface area contributed by atoms with Crippen molar-refractivity contribution in [2.45, 2.75) is 13.1 Å². The van der Waals surface area contributed by atoms with Crippen LogP contribution in [0.4, 0.5) is 5.69 Å². The van der Waals surface area contributed by atoms with Gasteiger partial charge < -0.3 is 15.3 Å². The normalized spacial score (nSPS) is 10.6. The Kier molecular flexibility index (Phi) is 5.39. The van der Waals surface area contributed by atoms with Crippen LogP contribution in [0.3, 0.4) is 0 Å². The second-order valence-electron chi connectivity index (χ2n) is 6.50. The Bertz CT molecular complexity index is 1090. The number of nitrogens with zero attached hydrogens (tertiary/aromatic N) is 3. The predicted octanol–water partition coefficient (Wildman–Crippen LogP) is 1.48. The molecule has 2 aromatic carbocycles. The molecule has 1 aromatic heterocycles. The molecule has 28 heavy (non-hydrogen) atoms. The van der Waals surface area contributed by atoms with Gasteiger partial charge in [0.1, 0.15) is 6.54 Å². The highest BCUT2D eigenvalue weighted by molar-refractivity contribution is 6.01. The van der Waals surface area contributed by atoms with E-state index in [2.05, 4.69) is 10.4 Å². The summed E-state index contributed by atoms with van der Waals surface area (Å²) < 4.78 is 0.885. The molecule has 3 aromatic rings. The van der Waals surface area contributed by atoms with Gasteiger partial charge in [-0.1, -0.05) is 30.3 Å². The number of amides is 1. The summed E-state index contributed by atoms with van der Waals surface area (Å²) in [5.41, 5.74) is 1.18. The molecule has 1 heterocycles. The van der Waals surface area contributed by atoms with Crippen molar-refractivity contribution < 1.29 is 14.7 Å². The minimum Gasteiger partial charge on any atom is -0.476 e. The number of carboxylic acids is 1. The van der Waals surface area contributed by atoms with E-state index in [4.69, 9.17) is 0 Å². The fourth-order valence-electron chi connectivity index (χ4n) is 2.80. The smallest absolute Gasteiger partial charge is 0.357 e. The van der Waals surface area contributed by atoms with Gasteiger partial charge in [-0.05, 0) is 23.8 Å². The number of carbonyl (C=O) groups is 2. The SMILES string of the molecule is CN(C)c1ccc(CNC(=O)Cn2nc(C(=O)O)c3ccccc3c2=O)cc1. The van der Waals surface area contributed by atoms with Crippen molar-refractivity contribution in [2.75, 3.05) is 19.0 Å². The number of hydrogen-bond acceptors (Lipinski definition) is 5. The van der Waals surface area contributed by atoms with Gasteiger partial charge in [-0.25, -0.2) is 9.48 Å². The molecule has 8 heteroatoms.